The van der Waals surface area contributed by atoms with Crippen molar-refractivity contribution >= 4 is 17.8 Å². The van der Waals surface area contributed by atoms with E-state index in [1.807, 2.05) is 45.0 Å². The lowest BCUT2D eigenvalue weighted by Gasteiger charge is -2.21. The topological polar surface area (TPSA) is 88.9 Å². The maximum Gasteiger partial charge on any atom is 0.508 e. The molecule has 0 atom stereocenters. The second-order valence-corrected chi connectivity index (χ2v) is 7.55. The summed E-state index contributed by atoms with van der Waals surface area (Å²) in [6.45, 7) is 6.63. The summed E-state index contributed by atoms with van der Waals surface area (Å²) in [6.07, 6.45) is 0.720. The Morgan fingerprint density at radius 2 is 1.72 bits per heavy atom. The van der Waals surface area contributed by atoms with Crippen LogP contribution < -0.4 is 10.3 Å². The van der Waals surface area contributed by atoms with Gasteiger partial charge in [-0.05, 0) is 31.9 Å². The highest BCUT2D eigenvalue weighted by Gasteiger charge is 2.19. The van der Waals surface area contributed by atoms with Crippen molar-refractivity contribution in [2.45, 2.75) is 39.5 Å². The largest absolute Gasteiger partial charge is 0.508 e. The summed E-state index contributed by atoms with van der Waals surface area (Å²) >= 11 is 6.15. The first kappa shape index (κ1) is 22.7. The third-order valence-electron chi connectivity index (χ3n) is 3.82. The van der Waals surface area contributed by atoms with Crippen LogP contribution in [0.25, 0.3) is 0 Å². The zero-order chi connectivity index (χ0) is 21.4. The van der Waals surface area contributed by atoms with Crippen molar-refractivity contribution in [1.29, 1.82) is 0 Å². The van der Waals surface area contributed by atoms with Gasteiger partial charge in [0.15, 0.2) is 10.8 Å². The van der Waals surface area contributed by atoms with Crippen molar-refractivity contribution in [2.24, 2.45) is 0 Å². The molecule has 0 aliphatic carbocycles. The molecule has 0 bridgehead atoms. The van der Waals surface area contributed by atoms with E-state index in [2.05, 4.69) is 9.84 Å². The van der Waals surface area contributed by atoms with E-state index in [0.717, 1.165) is 11.1 Å². The Balaban J connectivity index is 1.85. The van der Waals surface area contributed by atoms with Gasteiger partial charge in [-0.2, -0.15) is 5.10 Å². The van der Waals surface area contributed by atoms with E-state index in [9.17, 15) is 9.59 Å². The number of halogens is 1. The Morgan fingerprint density at radius 1 is 1.10 bits per heavy atom. The highest BCUT2D eigenvalue weighted by Crippen LogP contribution is 2.22. The quantitative estimate of drug-likeness (QED) is 0.473. The van der Waals surface area contributed by atoms with Gasteiger partial charge in [-0.25, -0.2) is 9.48 Å². The van der Waals surface area contributed by atoms with Crippen LogP contribution in [0.5, 0.6) is 5.75 Å². The van der Waals surface area contributed by atoms with Crippen LogP contribution in [-0.4, -0.2) is 36.3 Å². The van der Waals surface area contributed by atoms with Crippen LogP contribution in [0, 0.1) is 0 Å². The number of carbonyl (C=O) groups is 1. The van der Waals surface area contributed by atoms with Gasteiger partial charge < -0.3 is 18.9 Å². The Morgan fingerprint density at radius 3 is 2.31 bits per heavy atom. The molecule has 9 heteroatoms. The van der Waals surface area contributed by atoms with E-state index < -0.39 is 11.7 Å². The number of ether oxygens (including phenoxy) is 4. The van der Waals surface area contributed by atoms with Crippen LogP contribution in [0.2, 0.25) is 5.02 Å². The van der Waals surface area contributed by atoms with Crippen LogP contribution in [0.15, 0.2) is 35.3 Å². The fraction of sp³-hybridized carbons (Fsp3) is 0.450. The Hall–Kier alpha value is -2.58. The molecule has 158 valence electrons. The molecule has 0 amide bonds. The second kappa shape index (κ2) is 10.3. The van der Waals surface area contributed by atoms with Gasteiger partial charge in [-0.1, -0.05) is 35.9 Å². The van der Waals surface area contributed by atoms with E-state index in [0.29, 0.717) is 6.61 Å². The predicted octanol–water partition coefficient (Wildman–Crippen LogP) is 3.53. The van der Waals surface area contributed by atoms with Crippen molar-refractivity contribution in [2.75, 3.05) is 20.3 Å². The highest BCUT2D eigenvalue weighted by molar-refractivity contribution is 6.31. The Bertz CT molecular complexity index is 874. The first-order valence-corrected chi connectivity index (χ1v) is 9.37. The van der Waals surface area contributed by atoms with Crippen LogP contribution in [-0.2, 0) is 33.0 Å². The second-order valence-electron chi connectivity index (χ2n) is 7.17. The molecule has 0 N–H and O–H groups in total. The number of methoxy groups -OCH3 is 1. The fourth-order valence-corrected chi connectivity index (χ4v) is 2.51. The summed E-state index contributed by atoms with van der Waals surface area (Å²) in [5.74, 6) is 0.246. The van der Waals surface area contributed by atoms with Gasteiger partial charge in [0.1, 0.15) is 13.2 Å². The maximum atomic E-state index is 12.3. The van der Waals surface area contributed by atoms with Crippen LogP contribution >= 0.6 is 11.6 Å². The number of rotatable bonds is 8. The molecule has 1 aromatic heterocycles. The lowest BCUT2D eigenvalue weighted by Crippen LogP contribution is -2.36. The van der Waals surface area contributed by atoms with Crippen LogP contribution in [0.3, 0.4) is 0 Å². The highest BCUT2D eigenvalue weighted by atomic mass is 35.5. The van der Waals surface area contributed by atoms with E-state index >= 15 is 0 Å². The van der Waals surface area contributed by atoms with Gasteiger partial charge in [-0.3, -0.25) is 4.79 Å². The molecule has 29 heavy (non-hydrogen) atoms. The van der Waals surface area contributed by atoms with Crippen molar-refractivity contribution < 1.29 is 23.7 Å². The molecule has 0 saturated heterocycles. The van der Waals surface area contributed by atoms with Gasteiger partial charge in [0.05, 0.1) is 32.1 Å². The summed E-state index contributed by atoms with van der Waals surface area (Å²) < 4.78 is 21.5. The zero-order valence-electron chi connectivity index (χ0n) is 16.9. The van der Waals surface area contributed by atoms with E-state index in [1.54, 1.807) is 0 Å². The van der Waals surface area contributed by atoms with Gasteiger partial charge in [0, 0.05) is 0 Å². The van der Waals surface area contributed by atoms with Crippen LogP contribution in [0.4, 0.5) is 4.79 Å². The summed E-state index contributed by atoms with van der Waals surface area (Å²) in [6, 6.07) is 7.58. The molecule has 1 aromatic carbocycles. The maximum absolute atomic E-state index is 12.3. The molecular weight excluding hydrogens is 400 g/mol. The lowest BCUT2D eigenvalue weighted by atomic mass is 10.1. The minimum atomic E-state index is -0.732. The smallest absolute Gasteiger partial charge is 0.485 e. The van der Waals surface area contributed by atoms with Crippen molar-refractivity contribution in [3.05, 3.63) is 57.0 Å². The summed E-state index contributed by atoms with van der Waals surface area (Å²) in [5.41, 5.74) is 1.00. The third kappa shape index (κ3) is 6.76. The zero-order valence-corrected chi connectivity index (χ0v) is 17.7. The summed E-state index contributed by atoms with van der Waals surface area (Å²) in [4.78, 5) is 23.1. The molecule has 0 aliphatic rings. The average molecular weight is 425 g/mol. The number of hydrogen-bond acceptors (Lipinski definition) is 7. The minimum absolute atomic E-state index is 0.00844. The molecule has 2 rings (SSSR count). The first-order valence-electron chi connectivity index (χ1n) is 9.00. The molecule has 0 saturated carbocycles. The number of nitrogens with zero attached hydrogens (tertiary/aromatic N) is 2. The van der Waals surface area contributed by atoms with Gasteiger partial charge >= 0.3 is 6.16 Å². The monoisotopic (exact) mass is 424 g/mol. The van der Waals surface area contributed by atoms with E-state index in [4.69, 9.17) is 25.8 Å². The fourth-order valence-electron chi connectivity index (χ4n) is 2.32. The third-order valence-corrected chi connectivity index (χ3v) is 4.17. The standard InChI is InChI=1S/C20H25ClN2O6/c1-20(2,3)23-18(24)17(21)16(11-22-23)29-13-15-7-5-14(6-8-15)12-27-9-10-28-19(25)26-4/h5-8,11H,9-10,12-13H2,1-4H3. The van der Waals surface area contributed by atoms with Crippen molar-refractivity contribution in [3.63, 3.8) is 0 Å². The normalized spacial score (nSPS) is 11.2. The molecule has 1 heterocycles. The summed E-state index contributed by atoms with van der Waals surface area (Å²) in [7, 11) is 1.25. The van der Waals surface area contributed by atoms with Crippen molar-refractivity contribution in [1.82, 2.24) is 9.78 Å². The SMILES string of the molecule is COC(=O)OCCOCc1ccc(COc2cnn(C(C)(C)C)c(=O)c2Cl)cc1. The van der Waals surface area contributed by atoms with E-state index in [1.165, 1.54) is 18.0 Å². The molecule has 0 radical (unpaired) electrons. The number of carbonyl (C=O) groups excluding carboxylic acids is 1. The Labute approximate surface area is 174 Å². The van der Waals surface area contributed by atoms with Crippen molar-refractivity contribution in [3.8, 4) is 5.75 Å². The molecule has 2 aromatic rings. The molecule has 0 fully saturated rings. The van der Waals surface area contributed by atoms with Crippen LogP contribution in [0.1, 0.15) is 31.9 Å². The predicted molar refractivity (Wildman–Crippen MR) is 107 cm³/mol. The lowest BCUT2D eigenvalue weighted by molar-refractivity contribution is 0.0331. The van der Waals surface area contributed by atoms with Gasteiger partial charge in [0.2, 0.25) is 0 Å². The molecule has 0 unspecified atom stereocenters. The first-order chi connectivity index (χ1) is 13.7. The van der Waals surface area contributed by atoms with Gasteiger partial charge in [-0.15, -0.1) is 0 Å². The molecule has 8 nitrogen and oxygen atoms in total. The van der Waals surface area contributed by atoms with Gasteiger partial charge in [0.25, 0.3) is 5.56 Å². The molecule has 0 spiro atoms. The average Bonchev–Trinajstić information content (AvgIpc) is 2.68. The molecule has 0 aliphatic heterocycles. The Kier molecular flexibility index (Phi) is 8.04. The summed E-state index contributed by atoms with van der Waals surface area (Å²) in [5, 5.41) is 4.15. The van der Waals surface area contributed by atoms with E-state index in [-0.39, 0.29) is 36.2 Å². The number of benzene rings is 1. The minimum Gasteiger partial charge on any atom is -0.485 e. The molecular formula is C20H25ClN2O6. The number of hydrogen-bond donors (Lipinski definition) is 0. The number of aromatic nitrogens is 2.